The average molecular weight is 486 g/mol. The van der Waals surface area contributed by atoms with Crippen LogP contribution >= 0.6 is 0 Å². The molecule has 190 valence electrons. The van der Waals surface area contributed by atoms with Gasteiger partial charge in [0.15, 0.2) is 12.2 Å². The van der Waals surface area contributed by atoms with Crippen LogP contribution in [-0.4, -0.2) is 43.3 Å². The third-order valence-electron chi connectivity index (χ3n) is 5.00. The molecule has 8 nitrogen and oxygen atoms in total. The van der Waals surface area contributed by atoms with Crippen molar-refractivity contribution in [3.8, 4) is 11.5 Å². The van der Waals surface area contributed by atoms with E-state index in [2.05, 4.69) is 5.32 Å². The van der Waals surface area contributed by atoms with Crippen molar-refractivity contribution in [2.24, 2.45) is 0 Å². The van der Waals surface area contributed by atoms with Gasteiger partial charge in [-0.1, -0.05) is 26.7 Å². The Morgan fingerprint density at radius 3 is 1.57 bits per heavy atom. The fourth-order valence-corrected chi connectivity index (χ4v) is 2.88. The standard InChI is InChI=1S/C27H35NO7/c1-5-7-17-32-26(30)19(3)34-23-13-9-21(10-14-23)25(29)28-22-11-15-24(16-12-22)35-20(4)27(31)33-18-8-6-2/h9-16,19-20H,5-8,17-18H2,1-4H3,(H,28,29). The van der Waals surface area contributed by atoms with Gasteiger partial charge in [-0.3, -0.25) is 4.79 Å². The maximum Gasteiger partial charge on any atom is 0.347 e. The Hall–Kier alpha value is -3.55. The van der Waals surface area contributed by atoms with Crippen molar-refractivity contribution < 1.29 is 33.3 Å². The van der Waals surface area contributed by atoms with Crippen molar-refractivity contribution in [2.45, 2.75) is 65.6 Å². The Morgan fingerprint density at radius 2 is 1.14 bits per heavy atom. The Balaban J connectivity index is 1.84. The van der Waals surface area contributed by atoms with Crippen molar-refractivity contribution in [1.29, 1.82) is 0 Å². The lowest BCUT2D eigenvalue weighted by atomic mass is 10.2. The van der Waals surface area contributed by atoms with Crippen LogP contribution in [0.2, 0.25) is 0 Å². The molecule has 2 atom stereocenters. The van der Waals surface area contributed by atoms with Crippen molar-refractivity contribution in [3.05, 3.63) is 54.1 Å². The molecule has 0 aliphatic carbocycles. The molecule has 0 fully saturated rings. The van der Waals surface area contributed by atoms with Crippen LogP contribution in [0, 0.1) is 0 Å². The third-order valence-corrected chi connectivity index (χ3v) is 5.00. The van der Waals surface area contributed by atoms with Gasteiger partial charge >= 0.3 is 11.9 Å². The molecule has 2 aromatic rings. The second kappa shape index (κ2) is 14.7. The van der Waals surface area contributed by atoms with Crippen molar-refractivity contribution in [1.82, 2.24) is 0 Å². The quantitative estimate of drug-likeness (QED) is 0.291. The minimum atomic E-state index is -0.742. The van der Waals surface area contributed by atoms with Gasteiger partial charge in [-0.2, -0.15) is 0 Å². The molecule has 1 N–H and O–H groups in total. The highest BCUT2D eigenvalue weighted by Crippen LogP contribution is 2.19. The monoisotopic (exact) mass is 485 g/mol. The van der Waals surface area contributed by atoms with Gasteiger partial charge in [0.05, 0.1) is 13.2 Å². The zero-order valence-corrected chi connectivity index (χ0v) is 20.9. The van der Waals surface area contributed by atoms with Crippen LogP contribution in [0.25, 0.3) is 0 Å². The number of anilines is 1. The second-order valence-corrected chi connectivity index (χ2v) is 8.07. The molecule has 2 aromatic carbocycles. The number of nitrogens with one attached hydrogen (secondary N) is 1. The van der Waals surface area contributed by atoms with Crippen LogP contribution in [0.15, 0.2) is 48.5 Å². The number of benzene rings is 2. The van der Waals surface area contributed by atoms with Crippen molar-refractivity contribution in [3.63, 3.8) is 0 Å². The number of carbonyl (C=O) groups is 3. The summed E-state index contributed by atoms with van der Waals surface area (Å²) in [5.41, 5.74) is 1.00. The Kier molecular flexibility index (Phi) is 11.6. The van der Waals surface area contributed by atoms with Crippen LogP contribution in [0.3, 0.4) is 0 Å². The van der Waals surface area contributed by atoms with Crippen LogP contribution in [0.5, 0.6) is 11.5 Å². The summed E-state index contributed by atoms with van der Waals surface area (Å²) in [6.07, 6.45) is 2.05. The highest BCUT2D eigenvalue weighted by Gasteiger charge is 2.17. The molecule has 2 unspecified atom stereocenters. The fourth-order valence-electron chi connectivity index (χ4n) is 2.88. The van der Waals surface area contributed by atoms with Crippen molar-refractivity contribution >= 4 is 23.5 Å². The second-order valence-electron chi connectivity index (χ2n) is 8.07. The fraction of sp³-hybridized carbons (Fsp3) is 0.444. The molecule has 0 aliphatic heterocycles. The molecule has 0 aliphatic rings. The summed E-state index contributed by atoms with van der Waals surface area (Å²) >= 11 is 0. The number of ether oxygens (including phenoxy) is 4. The lowest BCUT2D eigenvalue weighted by molar-refractivity contribution is -0.151. The van der Waals surface area contributed by atoms with Gasteiger partial charge in [-0.05, 0) is 75.2 Å². The number of carbonyl (C=O) groups excluding carboxylic acids is 3. The third kappa shape index (κ3) is 9.68. The minimum absolute atomic E-state index is 0.301. The highest BCUT2D eigenvalue weighted by atomic mass is 16.6. The summed E-state index contributed by atoms with van der Waals surface area (Å²) in [6.45, 7) is 8.05. The summed E-state index contributed by atoms with van der Waals surface area (Å²) in [6, 6.07) is 13.2. The Labute approximate surface area is 206 Å². The van der Waals surface area contributed by atoms with Gasteiger partial charge in [0.2, 0.25) is 0 Å². The topological polar surface area (TPSA) is 100 Å². The molecule has 0 spiro atoms. The first kappa shape index (κ1) is 27.7. The number of hydrogen-bond donors (Lipinski definition) is 1. The van der Waals surface area contributed by atoms with E-state index in [1.807, 2.05) is 13.8 Å². The van der Waals surface area contributed by atoms with E-state index in [0.717, 1.165) is 25.7 Å². The molecule has 35 heavy (non-hydrogen) atoms. The number of esters is 2. The number of amides is 1. The summed E-state index contributed by atoms with van der Waals surface area (Å²) < 4.78 is 21.5. The van der Waals surface area contributed by atoms with E-state index < -0.39 is 24.1 Å². The molecule has 0 saturated carbocycles. The zero-order valence-electron chi connectivity index (χ0n) is 20.9. The van der Waals surface area contributed by atoms with Gasteiger partial charge < -0.3 is 24.3 Å². The van der Waals surface area contributed by atoms with Crippen molar-refractivity contribution in [2.75, 3.05) is 18.5 Å². The Bertz CT molecular complexity index is 941. The van der Waals surface area contributed by atoms with Gasteiger partial charge in [-0.15, -0.1) is 0 Å². The normalized spacial score (nSPS) is 12.2. The van der Waals surface area contributed by atoms with Gasteiger partial charge in [0.25, 0.3) is 5.91 Å². The first-order chi connectivity index (χ1) is 16.8. The zero-order chi connectivity index (χ0) is 25.6. The minimum Gasteiger partial charge on any atom is -0.479 e. The predicted molar refractivity (Wildman–Crippen MR) is 133 cm³/mol. The molecule has 8 heteroatoms. The molecule has 1 amide bonds. The number of hydrogen-bond acceptors (Lipinski definition) is 7. The highest BCUT2D eigenvalue weighted by molar-refractivity contribution is 6.04. The van der Waals surface area contributed by atoms with E-state index in [4.69, 9.17) is 18.9 Å². The maximum atomic E-state index is 12.6. The molecular formula is C27H35NO7. The van der Waals surface area contributed by atoms with Gasteiger partial charge in [0, 0.05) is 11.3 Å². The predicted octanol–water partition coefficient (Wildman–Crippen LogP) is 5.16. The van der Waals surface area contributed by atoms with Crippen LogP contribution in [-0.2, 0) is 19.1 Å². The van der Waals surface area contributed by atoms with E-state index >= 15 is 0 Å². The van der Waals surface area contributed by atoms with Crippen LogP contribution < -0.4 is 14.8 Å². The molecular weight excluding hydrogens is 450 g/mol. The molecule has 0 aromatic heterocycles. The SMILES string of the molecule is CCCCOC(=O)C(C)Oc1ccc(NC(=O)c2ccc(OC(C)C(=O)OCCCC)cc2)cc1. The molecule has 0 radical (unpaired) electrons. The van der Waals surface area contributed by atoms with Gasteiger partial charge in [-0.25, -0.2) is 9.59 Å². The Morgan fingerprint density at radius 1 is 0.714 bits per heavy atom. The first-order valence-electron chi connectivity index (χ1n) is 12.0. The molecule has 0 bridgehead atoms. The molecule has 0 saturated heterocycles. The lowest BCUT2D eigenvalue weighted by Gasteiger charge is -2.15. The van der Waals surface area contributed by atoms with E-state index in [-0.39, 0.29) is 5.91 Å². The number of unbranched alkanes of at least 4 members (excludes halogenated alkanes) is 2. The lowest BCUT2D eigenvalue weighted by Crippen LogP contribution is -2.26. The van der Waals surface area contributed by atoms with Gasteiger partial charge in [0.1, 0.15) is 11.5 Å². The summed E-state index contributed by atoms with van der Waals surface area (Å²) in [4.78, 5) is 36.4. The maximum absolute atomic E-state index is 12.6. The summed E-state index contributed by atoms with van der Waals surface area (Å²) in [7, 11) is 0. The van der Waals surface area contributed by atoms with E-state index in [1.165, 1.54) is 0 Å². The first-order valence-corrected chi connectivity index (χ1v) is 12.0. The van der Waals surface area contributed by atoms with E-state index in [0.29, 0.717) is 36.0 Å². The molecule has 2 rings (SSSR count). The average Bonchev–Trinajstić information content (AvgIpc) is 2.85. The number of rotatable bonds is 14. The van der Waals surface area contributed by atoms with Crippen LogP contribution in [0.1, 0.15) is 63.7 Å². The molecule has 0 heterocycles. The summed E-state index contributed by atoms with van der Waals surface area (Å²) in [5.74, 6) is -0.177. The van der Waals surface area contributed by atoms with E-state index in [1.54, 1.807) is 62.4 Å². The smallest absolute Gasteiger partial charge is 0.347 e. The van der Waals surface area contributed by atoms with Crippen LogP contribution in [0.4, 0.5) is 5.69 Å². The van der Waals surface area contributed by atoms with E-state index in [9.17, 15) is 14.4 Å². The summed E-state index contributed by atoms with van der Waals surface area (Å²) in [5, 5.41) is 2.80. The largest absolute Gasteiger partial charge is 0.479 e.